The number of ether oxygens (including phenoxy) is 1. The van der Waals surface area contributed by atoms with Gasteiger partial charge in [0.25, 0.3) is 0 Å². The smallest absolute Gasteiger partial charge is 0.119 e. The maximum atomic E-state index is 9.87. The molecule has 0 radical (unpaired) electrons. The zero-order valence-electron chi connectivity index (χ0n) is 11.6. The molecular weight excluding hydrogens is 226 g/mol. The molecule has 2 rings (SSSR count). The topological polar surface area (TPSA) is 32.7 Å². The van der Waals surface area contributed by atoms with Crippen molar-refractivity contribution in [1.29, 1.82) is 0 Å². The molecule has 0 amide bonds. The molecule has 1 aromatic rings. The van der Waals surface area contributed by atoms with Crippen LogP contribution < -0.4 is 4.74 Å². The summed E-state index contributed by atoms with van der Waals surface area (Å²) in [5.74, 6) is 0.943. The van der Waals surface area contributed by atoms with Crippen molar-refractivity contribution in [1.82, 2.24) is 4.90 Å². The molecule has 0 aromatic heterocycles. The summed E-state index contributed by atoms with van der Waals surface area (Å²) < 4.78 is 5.77. The Morgan fingerprint density at radius 1 is 1.28 bits per heavy atom. The molecule has 1 N–H and O–H groups in total. The Bertz CT molecular complexity index is 395. The molecule has 1 aliphatic rings. The number of aliphatic hydroxyl groups is 1. The highest BCUT2D eigenvalue weighted by Gasteiger charge is 2.30. The summed E-state index contributed by atoms with van der Waals surface area (Å²) in [5.41, 5.74) is 1.95. The van der Waals surface area contributed by atoms with Crippen molar-refractivity contribution in [2.45, 2.75) is 32.8 Å². The Labute approximate surface area is 109 Å². The van der Waals surface area contributed by atoms with Crippen LogP contribution >= 0.6 is 0 Å². The normalized spacial score (nSPS) is 24.4. The van der Waals surface area contributed by atoms with Crippen molar-refractivity contribution >= 4 is 0 Å². The average Bonchev–Trinajstić information content (AvgIpc) is 2.57. The maximum absolute atomic E-state index is 9.87. The molecule has 0 spiro atoms. The van der Waals surface area contributed by atoms with Crippen LogP contribution in [0.25, 0.3) is 0 Å². The first-order valence-corrected chi connectivity index (χ1v) is 6.60. The van der Waals surface area contributed by atoms with Crippen molar-refractivity contribution in [2.75, 3.05) is 26.2 Å². The molecule has 1 heterocycles. The molecule has 1 unspecified atom stereocenters. The fraction of sp³-hybridized carbons (Fsp3) is 0.600. The van der Waals surface area contributed by atoms with Gasteiger partial charge in [-0.1, -0.05) is 6.07 Å². The van der Waals surface area contributed by atoms with E-state index in [0.717, 1.165) is 31.8 Å². The Morgan fingerprint density at radius 2 is 1.94 bits per heavy atom. The van der Waals surface area contributed by atoms with Gasteiger partial charge in [0.15, 0.2) is 0 Å². The number of likely N-dealkylation sites (tertiary alicyclic amines) is 1. The van der Waals surface area contributed by atoms with Crippen LogP contribution in [-0.2, 0) is 0 Å². The molecular formula is C15H23NO2. The molecule has 0 bridgehead atoms. The largest absolute Gasteiger partial charge is 0.492 e. The number of aryl methyl sites for hydroxylation is 2. The minimum atomic E-state index is -0.514. The third kappa shape index (κ3) is 3.72. The van der Waals surface area contributed by atoms with E-state index < -0.39 is 5.60 Å². The van der Waals surface area contributed by atoms with Gasteiger partial charge in [-0.25, -0.2) is 0 Å². The minimum absolute atomic E-state index is 0.514. The Balaban J connectivity index is 1.79. The lowest BCUT2D eigenvalue weighted by Crippen LogP contribution is -2.32. The first-order valence-electron chi connectivity index (χ1n) is 6.60. The molecule has 0 saturated carbocycles. The zero-order valence-corrected chi connectivity index (χ0v) is 11.6. The van der Waals surface area contributed by atoms with Gasteiger partial charge >= 0.3 is 0 Å². The van der Waals surface area contributed by atoms with E-state index in [9.17, 15) is 5.11 Å². The summed E-state index contributed by atoms with van der Waals surface area (Å²) in [6, 6.07) is 6.27. The molecule has 1 saturated heterocycles. The molecule has 18 heavy (non-hydrogen) atoms. The first-order chi connectivity index (χ1) is 8.44. The van der Waals surface area contributed by atoms with Crippen LogP contribution in [0.4, 0.5) is 0 Å². The summed E-state index contributed by atoms with van der Waals surface area (Å²) in [6.45, 7) is 9.33. The lowest BCUT2D eigenvalue weighted by Gasteiger charge is -2.19. The van der Waals surface area contributed by atoms with Crippen molar-refractivity contribution in [3.05, 3.63) is 29.3 Å². The van der Waals surface area contributed by atoms with Gasteiger partial charge in [-0.3, -0.25) is 4.90 Å². The Hall–Kier alpha value is -1.06. The van der Waals surface area contributed by atoms with Gasteiger partial charge in [0.1, 0.15) is 12.4 Å². The third-order valence-corrected chi connectivity index (χ3v) is 3.40. The number of rotatable bonds is 4. The van der Waals surface area contributed by atoms with E-state index in [0.29, 0.717) is 6.61 Å². The van der Waals surface area contributed by atoms with E-state index in [4.69, 9.17) is 4.74 Å². The highest BCUT2D eigenvalue weighted by molar-refractivity contribution is 5.32. The molecule has 1 fully saturated rings. The molecule has 3 nitrogen and oxygen atoms in total. The second kappa shape index (κ2) is 5.29. The second-order valence-corrected chi connectivity index (χ2v) is 5.69. The van der Waals surface area contributed by atoms with E-state index in [1.807, 2.05) is 6.92 Å². The number of β-amino-alcohol motifs (C(OH)–C–C–N with tert-alkyl or cyclic N) is 1. The van der Waals surface area contributed by atoms with Crippen LogP contribution in [0.2, 0.25) is 0 Å². The Morgan fingerprint density at radius 3 is 2.50 bits per heavy atom. The highest BCUT2D eigenvalue weighted by Crippen LogP contribution is 2.20. The van der Waals surface area contributed by atoms with Gasteiger partial charge in [-0.15, -0.1) is 0 Å². The summed E-state index contributed by atoms with van der Waals surface area (Å²) in [5, 5.41) is 9.87. The van der Waals surface area contributed by atoms with Crippen molar-refractivity contribution in [2.24, 2.45) is 0 Å². The fourth-order valence-corrected chi connectivity index (χ4v) is 2.54. The second-order valence-electron chi connectivity index (χ2n) is 5.69. The van der Waals surface area contributed by atoms with Crippen LogP contribution in [-0.4, -0.2) is 41.8 Å². The fourth-order valence-electron chi connectivity index (χ4n) is 2.54. The average molecular weight is 249 g/mol. The first kappa shape index (κ1) is 13.4. The van der Waals surface area contributed by atoms with Crippen molar-refractivity contribution in [3.8, 4) is 5.75 Å². The van der Waals surface area contributed by atoms with Gasteiger partial charge in [0.2, 0.25) is 0 Å². The predicted molar refractivity (Wildman–Crippen MR) is 73.1 cm³/mol. The zero-order chi connectivity index (χ0) is 13.2. The maximum Gasteiger partial charge on any atom is 0.119 e. The summed E-state index contributed by atoms with van der Waals surface area (Å²) in [7, 11) is 0. The van der Waals surface area contributed by atoms with Gasteiger partial charge in [0, 0.05) is 19.6 Å². The van der Waals surface area contributed by atoms with E-state index in [1.165, 1.54) is 11.1 Å². The number of hydrogen-bond donors (Lipinski definition) is 1. The predicted octanol–water partition coefficient (Wildman–Crippen LogP) is 2.14. The molecule has 0 aliphatic carbocycles. The lowest BCUT2D eigenvalue weighted by molar-refractivity contribution is 0.0670. The molecule has 3 heteroatoms. The summed E-state index contributed by atoms with van der Waals surface area (Å²) in [4.78, 5) is 2.25. The quantitative estimate of drug-likeness (QED) is 0.887. The van der Waals surface area contributed by atoms with Crippen molar-refractivity contribution in [3.63, 3.8) is 0 Å². The monoisotopic (exact) mass is 249 g/mol. The van der Waals surface area contributed by atoms with E-state index in [2.05, 4.69) is 36.9 Å². The summed E-state index contributed by atoms with van der Waals surface area (Å²) in [6.07, 6.45) is 0.858. The molecule has 1 aliphatic heterocycles. The van der Waals surface area contributed by atoms with Gasteiger partial charge in [-0.05, 0) is 50.5 Å². The number of nitrogens with zero attached hydrogens (tertiary/aromatic N) is 1. The number of benzene rings is 1. The van der Waals surface area contributed by atoms with E-state index >= 15 is 0 Å². The van der Waals surface area contributed by atoms with Gasteiger partial charge in [0.05, 0.1) is 5.60 Å². The van der Waals surface area contributed by atoms with Crippen LogP contribution in [0.5, 0.6) is 5.75 Å². The number of hydrogen-bond acceptors (Lipinski definition) is 3. The lowest BCUT2D eigenvalue weighted by atomic mass is 10.1. The minimum Gasteiger partial charge on any atom is -0.492 e. The SMILES string of the molecule is Cc1cc(C)cc(OCCN2CCC(C)(O)C2)c1. The van der Waals surface area contributed by atoms with Crippen molar-refractivity contribution < 1.29 is 9.84 Å². The summed E-state index contributed by atoms with van der Waals surface area (Å²) >= 11 is 0. The van der Waals surface area contributed by atoms with Gasteiger partial charge < -0.3 is 9.84 Å². The van der Waals surface area contributed by atoms with Crippen LogP contribution in [0.3, 0.4) is 0 Å². The molecule has 1 aromatic carbocycles. The van der Waals surface area contributed by atoms with E-state index in [1.54, 1.807) is 0 Å². The van der Waals surface area contributed by atoms with Crippen LogP contribution in [0.1, 0.15) is 24.5 Å². The van der Waals surface area contributed by atoms with E-state index in [-0.39, 0.29) is 0 Å². The Kier molecular flexibility index (Phi) is 3.93. The standard InChI is InChI=1S/C15H23NO2/c1-12-8-13(2)10-14(9-12)18-7-6-16-5-4-15(3,17)11-16/h8-10,17H,4-7,11H2,1-3H3. The highest BCUT2D eigenvalue weighted by atomic mass is 16.5. The van der Waals surface area contributed by atoms with Crippen LogP contribution in [0, 0.1) is 13.8 Å². The third-order valence-electron chi connectivity index (χ3n) is 3.40. The molecule has 1 atom stereocenters. The van der Waals surface area contributed by atoms with Gasteiger partial charge in [-0.2, -0.15) is 0 Å². The van der Waals surface area contributed by atoms with Crippen LogP contribution in [0.15, 0.2) is 18.2 Å². The molecule has 100 valence electrons.